The quantitative estimate of drug-likeness (QED) is 0.799. The molecule has 0 saturated heterocycles. The van der Waals surface area contributed by atoms with Crippen LogP contribution in [0.1, 0.15) is 25.0 Å². The summed E-state index contributed by atoms with van der Waals surface area (Å²) in [7, 11) is 0. The first kappa shape index (κ1) is 10.6. The Labute approximate surface area is 93.1 Å². The molecule has 1 heterocycles. The minimum Gasteiger partial charge on any atom is -0.313 e. The van der Waals surface area contributed by atoms with Crippen molar-refractivity contribution in [3.05, 3.63) is 11.1 Å². The van der Waals surface area contributed by atoms with E-state index in [1.54, 1.807) is 0 Å². The summed E-state index contributed by atoms with van der Waals surface area (Å²) in [6, 6.07) is 0.667. The average Bonchev–Trinajstić information content (AvgIpc) is 2.91. The van der Waals surface area contributed by atoms with Crippen molar-refractivity contribution in [3.63, 3.8) is 0 Å². The van der Waals surface area contributed by atoms with Gasteiger partial charge < -0.3 is 10.6 Å². The number of anilines is 1. The van der Waals surface area contributed by atoms with Gasteiger partial charge in [-0.3, -0.25) is 4.79 Å². The largest absolute Gasteiger partial charge is 0.313 e. The molecule has 0 aliphatic heterocycles. The monoisotopic (exact) mass is 225 g/mol. The van der Waals surface area contributed by atoms with E-state index in [9.17, 15) is 4.79 Å². The van der Waals surface area contributed by atoms with Crippen molar-refractivity contribution in [2.45, 2.75) is 32.2 Å². The number of carbonyl (C=O) groups excluding carboxylic acids is 1. The highest BCUT2D eigenvalue weighted by Crippen LogP contribution is 2.18. The fourth-order valence-electron chi connectivity index (χ4n) is 1.27. The number of carbonyl (C=O) groups is 1. The number of nitrogens with zero attached hydrogens (tertiary/aromatic N) is 1. The van der Waals surface area contributed by atoms with Crippen molar-refractivity contribution in [1.29, 1.82) is 0 Å². The number of nitrogens with one attached hydrogen (secondary N) is 2. The van der Waals surface area contributed by atoms with Crippen molar-refractivity contribution in [1.82, 2.24) is 10.3 Å². The molecule has 4 nitrogen and oxygen atoms in total. The molecule has 0 atom stereocenters. The van der Waals surface area contributed by atoms with Gasteiger partial charge in [0.05, 0.1) is 5.69 Å². The molecule has 15 heavy (non-hydrogen) atoms. The summed E-state index contributed by atoms with van der Waals surface area (Å²) in [6.45, 7) is 2.68. The second-order valence-electron chi connectivity index (χ2n) is 3.82. The number of amides is 1. The van der Waals surface area contributed by atoms with Crippen molar-refractivity contribution >= 4 is 22.4 Å². The van der Waals surface area contributed by atoms with Crippen molar-refractivity contribution < 1.29 is 4.79 Å². The first-order chi connectivity index (χ1) is 7.24. The van der Waals surface area contributed by atoms with E-state index in [0.29, 0.717) is 17.6 Å². The summed E-state index contributed by atoms with van der Waals surface area (Å²) in [5.41, 5.74) is 0.950. The maximum absolute atomic E-state index is 11.4. The number of aryl methyl sites for hydroxylation is 1. The highest BCUT2D eigenvalue weighted by molar-refractivity contribution is 7.13. The Morgan fingerprint density at radius 3 is 3.07 bits per heavy atom. The average molecular weight is 225 g/mol. The van der Waals surface area contributed by atoms with E-state index < -0.39 is 0 Å². The van der Waals surface area contributed by atoms with Gasteiger partial charge in [0.25, 0.3) is 0 Å². The van der Waals surface area contributed by atoms with E-state index in [0.717, 1.165) is 12.2 Å². The van der Waals surface area contributed by atoms with Gasteiger partial charge in [-0.25, -0.2) is 4.98 Å². The SMILES string of the molecule is Cc1csc(NC(=O)CCNC2CC2)n1. The number of aromatic nitrogens is 1. The van der Waals surface area contributed by atoms with Crippen LogP contribution in [0.25, 0.3) is 0 Å². The molecule has 0 bridgehead atoms. The highest BCUT2D eigenvalue weighted by Gasteiger charge is 2.20. The second-order valence-corrected chi connectivity index (χ2v) is 4.68. The second kappa shape index (κ2) is 4.72. The summed E-state index contributed by atoms with van der Waals surface area (Å²) in [5, 5.41) is 8.71. The molecule has 0 aromatic carbocycles. The van der Waals surface area contributed by atoms with Crippen LogP contribution >= 0.6 is 11.3 Å². The molecule has 1 saturated carbocycles. The van der Waals surface area contributed by atoms with Crippen LogP contribution in [0.4, 0.5) is 5.13 Å². The van der Waals surface area contributed by atoms with Crippen molar-refractivity contribution in [2.75, 3.05) is 11.9 Å². The van der Waals surface area contributed by atoms with E-state index in [1.165, 1.54) is 24.2 Å². The van der Waals surface area contributed by atoms with Crippen LogP contribution in [0, 0.1) is 6.92 Å². The van der Waals surface area contributed by atoms with Crippen LogP contribution in [0.15, 0.2) is 5.38 Å². The van der Waals surface area contributed by atoms with Gasteiger partial charge >= 0.3 is 0 Å². The number of hydrogen-bond donors (Lipinski definition) is 2. The Kier molecular flexibility index (Phi) is 3.33. The Bertz CT molecular complexity index is 346. The van der Waals surface area contributed by atoms with Gasteiger partial charge in [0.15, 0.2) is 5.13 Å². The van der Waals surface area contributed by atoms with Crippen LogP contribution in [0.5, 0.6) is 0 Å². The van der Waals surface area contributed by atoms with Crippen LogP contribution in [-0.4, -0.2) is 23.5 Å². The first-order valence-corrected chi connectivity index (χ1v) is 6.07. The molecular weight excluding hydrogens is 210 g/mol. The minimum atomic E-state index is 0.0394. The third-order valence-electron chi connectivity index (χ3n) is 2.23. The molecule has 1 aliphatic carbocycles. The van der Waals surface area contributed by atoms with Crippen molar-refractivity contribution in [3.8, 4) is 0 Å². The number of thiazole rings is 1. The van der Waals surface area contributed by atoms with E-state index >= 15 is 0 Å². The Hall–Kier alpha value is -0.940. The molecule has 2 rings (SSSR count). The molecule has 82 valence electrons. The minimum absolute atomic E-state index is 0.0394. The fourth-order valence-corrected chi connectivity index (χ4v) is 1.97. The molecule has 1 amide bonds. The Balaban J connectivity index is 1.67. The van der Waals surface area contributed by atoms with Gasteiger partial charge in [0.2, 0.25) is 5.91 Å². The lowest BCUT2D eigenvalue weighted by atomic mass is 10.4. The zero-order chi connectivity index (χ0) is 10.7. The lowest BCUT2D eigenvalue weighted by Gasteiger charge is -2.02. The summed E-state index contributed by atoms with van der Waals surface area (Å²) in [6.07, 6.45) is 3.04. The predicted molar refractivity (Wildman–Crippen MR) is 61.1 cm³/mol. The third-order valence-corrected chi connectivity index (χ3v) is 3.10. The maximum Gasteiger partial charge on any atom is 0.227 e. The Morgan fingerprint density at radius 2 is 2.47 bits per heavy atom. The zero-order valence-corrected chi connectivity index (χ0v) is 9.56. The summed E-state index contributed by atoms with van der Waals surface area (Å²) >= 11 is 1.47. The molecule has 1 fully saturated rings. The van der Waals surface area contributed by atoms with Crippen LogP contribution in [0.3, 0.4) is 0 Å². The maximum atomic E-state index is 11.4. The Morgan fingerprint density at radius 1 is 1.67 bits per heavy atom. The third kappa shape index (κ3) is 3.60. The molecule has 2 N–H and O–H groups in total. The lowest BCUT2D eigenvalue weighted by Crippen LogP contribution is -2.23. The molecule has 1 aromatic rings. The summed E-state index contributed by atoms with van der Waals surface area (Å²) in [5.74, 6) is 0.0394. The topological polar surface area (TPSA) is 54.0 Å². The number of rotatable bonds is 5. The molecule has 0 radical (unpaired) electrons. The standard InChI is InChI=1S/C10H15N3OS/c1-7-6-15-10(12-7)13-9(14)4-5-11-8-2-3-8/h6,8,11H,2-5H2,1H3,(H,12,13,14). The van der Waals surface area contributed by atoms with Gasteiger partial charge in [-0.05, 0) is 19.8 Å². The highest BCUT2D eigenvalue weighted by atomic mass is 32.1. The van der Waals surface area contributed by atoms with Crippen LogP contribution < -0.4 is 10.6 Å². The molecule has 1 aromatic heterocycles. The summed E-state index contributed by atoms with van der Waals surface area (Å²) in [4.78, 5) is 15.6. The molecular formula is C10H15N3OS. The summed E-state index contributed by atoms with van der Waals surface area (Å²) < 4.78 is 0. The molecule has 0 spiro atoms. The van der Waals surface area contributed by atoms with Gasteiger partial charge in [-0.1, -0.05) is 0 Å². The van der Waals surface area contributed by atoms with Crippen LogP contribution in [0.2, 0.25) is 0 Å². The van der Waals surface area contributed by atoms with E-state index in [-0.39, 0.29) is 5.91 Å². The van der Waals surface area contributed by atoms with Crippen molar-refractivity contribution in [2.24, 2.45) is 0 Å². The lowest BCUT2D eigenvalue weighted by molar-refractivity contribution is -0.116. The number of hydrogen-bond acceptors (Lipinski definition) is 4. The molecule has 1 aliphatic rings. The smallest absolute Gasteiger partial charge is 0.227 e. The predicted octanol–water partition coefficient (Wildman–Crippen LogP) is 1.53. The van der Waals surface area contributed by atoms with E-state index in [1.807, 2.05) is 12.3 Å². The van der Waals surface area contributed by atoms with Gasteiger partial charge in [-0.2, -0.15) is 0 Å². The van der Waals surface area contributed by atoms with E-state index in [4.69, 9.17) is 0 Å². The van der Waals surface area contributed by atoms with Gasteiger partial charge in [0.1, 0.15) is 0 Å². The zero-order valence-electron chi connectivity index (χ0n) is 8.75. The van der Waals surface area contributed by atoms with Gasteiger partial charge in [0, 0.05) is 24.4 Å². The fraction of sp³-hybridized carbons (Fsp3) is 0.600. The molecule has 0 unspecified atom stereocenters. The molecule has 5 heteroatoms. The van der Waals surface area contributed by atoms with Gasteiger partial charge in [-0.15, -0.1) is 11.3 Å². The van der Waals surface area contributed by atoms with E-state index in [2.05, 4.69) is 15.6 Å². The first-order valence-electron chi connectivity index (χ1n) is 5.19. The normalized spacial score (nSPS) is 15.3. The van der Waals surface area contributed by atoms with Crippen LogP contribution in [-0.2, 0) is 4.79 Å².